The monoisotopic (exact) mass is 229 g/mol. The smallest absolute Gasteiger partial charge is 0.101 e. The Morgan fingerprint density at radius 1 is 1.47 bits per heavy atom. The maximum absolute atomic E-state index is 9.17. The molecule has 1 aromatic rings. The minimum atomic E-state index is 0.0803. The van der Waals surface area contributed by atoms with Crippen molar-refractivity contribution < 1.29 is 0 Å². The van der Waals surface area contributed by atoms with Crippen molar-refractivity contribution in [2.24, 2.45) is 11.7 Å². The maximum Gasteiger partial charge on any atom is 0.101 e. The number of hydrogen-bond donors (Lipinski definition) is 1. The molecule has 0 aromatic heterocycles. The molecule has 1 heterocycles. The van der Waals surface area contributed by atoms with Gasteiger partial charge in [-0.3, -0.25) is 0 Å². The molecule has 1 atom stereocenters. The molecule has 2 rings (SSSR count). The molecule has 17 heavy (non-hydrogen) atoms. The topological polar surface area (TPSA) is 53.0 Å². The van der Waals surface area contributed by atoms with Crippen molar-refractivity contribution in [3.05, 3.63) is 29.8 Å². The highest BCUT2D eigenvalue weighted by Crippen LogP contribution is 2.37. The molecular formula is C14H19N3. The van der Waals surface area contributed by atoms with Gasteiger partial charge in [-0.25, -0.2) is 0 Å². The highest BCUT2D eigenvalue weighted by atomic mass is 15.2. The highest BCUT2D eigenvalue weighted by Gasteiger charge is 2.38. The van der Waals surface area contributed by atoms with Gasteiger partial charge in [-0.2, -0.15) is 5.26 Å². The Kier molecular flexibility index (Phi) is 3.08. The zero-order valence-electron chi connectivity index (χ0n) is 10.5. The zero-order valence-corrected chi connectivity index (χ0v) is 10.5. The van der Waals surface area contributed by atoms with Crippen LogP contribution in [0.3, 0.4) is 0 Å². The Balaban J connectivity index is 2.37. The van der Waals surface area contributed by atoms with Gasteiger partial charge >= 0.3 is 0 Å². The summed E-state index contributed by atoms with van der Waals surface area (Å²) in [5.41, 5.74) is 7.64. The summed E-state index contributed by atoms with van der Waals surface area (Å²) in [6.07, 6.45) is 1.09. The summed E-state index contributed by atoms with van der Waals surface area (Å²) in [6, 6.07) is 10.1. The van der Waals surface area contributed by atoms with Crippen molar-refractivity contribution in [1.82, 2.24) is 0 Å². The van der Waals surface area contributed by atoms with Crippen LogP contribution < -0.4 is 10.6 Å². The fourth-order valence-corrected chi connectivity index (χ4v) is 2.77. The first-order valence-corrected chi connectivity index (χ1v) is 6.05. The van der Waals surface area contributed by atoms with Crippen LogP contribution in [-0.4, -0.2) is 18.6 Å². The van der Waals surface area contributed by atoms with Gasteiger partial charge in [0.15, 0.2) is 0 Å². The minimum absolute atomic E-state index is 0.0803. The molecule has 2 N–H and O–H groups in total. The molecule has 90 valence electrons. The molecule has 0 radical (unpaired) electrons. The van der Waals surface area contributed by atoms with Gasteiger partial charge in [0, 0.05) is 12.1 Å². The Labute approximate surface area is 103 Å². The predicted octanol–water partition coefficient (Wildman–Crippen LogP) is 2.12. The summed E-state index contributed by atoms with van der Waals surface area (Å²) >= 11 is 0. The predicted molar refractivity (Wildman–Crippen MR) is 69.7 cm³/mol. The fourth-order valence-electron chi connectivity index (χ4n) is 2.77. The molecule has 3 heteroatoms. The van der Waals surface area contributed by atoms with E-state index in [1.165, 1.54) is 0 Å². The van der Waals surface area contributed by atoms with E-state index >= 15 is 0 Å². The number of anilines is 1. The number of nitriles is 1. The molecule has 1 aliphatic heterocycles. The molecule has 0 spiro atoms. The first-order chi connectivity index (χ1) is 8.08. The maximum atomic E-state index is 9.17. The summed E-state index contributed by atoms with van der Waals surface area (Å²) in [7, 11) is 0. The van der Waals surface area contributed by atoms with E-state index in [9.17, 15) is 5.26 Å². The average molecular weight is 229 g/mol. The number of benzene rings is 1. The average Bonchev–Trinajstić information content (AvgIpc) is 2.64. The normalized spacial score (nSPS) is 22.5. The molecule has 1 aliphatic rings. The van der Waals surface area contributed by atoms with Crippen LogP contribution in [0.1, 0.15) is 25.8 Å². The lowest BCUT2D eigenvalue weighted by molar-refractivity contribution is 0.476. The molecule has 1 saturated heterocycles. The van der Waals surface area contributed by atoms with E-state index < -0.39 is 0 Å². The summed E-state index contributed by atoms with van der Waals surface area (Å²) < 4.78 is 0. The van der Waals surface area contributed by atoms with Crippen molar-refractivity contribution in [3.8, 4) is 6.07 Å². The Bertz CT molecular complexity index is 445. The lowest BCUT2D eigenvalue weighted by Gasteiger charge is -2.34. The number of nitrogens with zero attached hydrogens (tertiary/aromatic N) is 2. The first kappa shape index (κ1) is 11.9. The SMILES string of the molecule is CC1(C)CC(CN)CN1c1ccccc1C#N. The van der Waals surface area contributed by atoms with Gasteiger partial charge in [-0.15, -0.1) is 0 Å². The number of rotatable bonds is 2. The lowest BCUT2D eigenvalue weighted by atomic mass is 9.96. The van der Waals surface area contributed by atoms with Crippen molar-refractivity contribution in [3.63, 3.8) is 0 Å². The molecule has 0 bridgehead atoms. The minimum Gasteiger partial charge on any atom is -0.365 e. The third kappa shape index (κ3) is 2.13. The molecule has 0 amide bonds. The van der Waals surface area contributed by atoms with E-state index in [0.717, 1.165) is 24.2 Å². The van der Waals surface area contributed by atoms with Crippen LogP contribution in [0.15, 0.2) is 24.3 Å². The van der Waals surface area contributed by atoms with Gasteiger partial charge in [0.05, 0.1) is 11.3 Å². The van der Waals surface area contributed by atoms with E-state index in [0.29, 0.717) is 12.5 Å². The Hall–Kier alpha value is -1.53. The van der Waals surface area contributed by atoms with Crippen LogP contribution in [0.25, 0.3) is 0 Å². The standard InChI is InChI=1S/C14H19N3/c1-14(2)7-11(8-15)10-17(14)13-6-4-3-5-12(13)9-16/h3-6,11H,7-8,10,15H2,1-2H3. The summed E-state index contributed by atoms with van der Waals surface area (Å²) in [5.74, 6) is 0.525. The van der Waals surface area contributed by atoms with Gasteiger partial charge in [-0.1, -0.05) is 12.1 Å². The van der Waals surface area contributed by atoms with Crippen molar-refractivity contribution in [1.29, 1.82) is 5.26 Å². The van der Waals surface area contributed by atoms with Crippen LogP contribution in [0.2, 0.25) is 0 Å². The third-order valence-corrected chi connectivity index (χ3v) is 3.61. The molecule has 3 nitrogen and oxygen atoms in total. The van der Waals surface area contributed by atoms with Crippen LogP contribution >= 0.6 is 0 Å². The second kappa shape index (κ2) is 4.38. The van der Waals surface area contributed by atoms with Crippen LogP contribution in [0, 0.1) is 17.2 Å². The summed E-state index contributed by atoms with van der Waals surface area (Å²) in [6.45, 7) is 6.10. The van der Waals surface area contributed by atoms with Crippen LogP contribution in [-0.2, 0) is 0 Å². The van der Waals surface area contributed by atoms with Crippen molar-refractivity contribution in [2.75, 3.05) is 18.0 Å². The fraction of sp³-hybridized carbons (Fsp3) is 0.500. The molecular weight excluding hydrogens is 210 g/mol. The van der Waals surface area contributed by atoms with Gasteiger partial charge in [0.1, 0.15) is 6.07 Å². The van der Waals surface area contributed by atoms with Gasteiger partial charge in [0.2, 0.25) is 0 Å². The Morgan fingerprint density at radius 3 is 2.76 bits per heavy atom. The first-order valence-electron chi connectivity index (χ1n) is 6.05. The number of nitrogens with two attached hydrogens (primary N) is 1. The second-order valence-electron chi connectivity index (χ2n) is 5.36. The lowest BCUT2D eigenvalue weighted by Crippen LogP contribution is -2.38. The molecule has 0 aliphatic carbocycles. The number of para-hydroxylation sites is 1. The largest absolute Gasteiger partial charge is 0.365 e. The Morgan fingerprint density at radius 2 is 2.18 bits per heavy atom. The van der Waals surface area contributed by atoms with Crippen LogP contribution in [0.5, 0.6) is 0 Å². The van der Waals surface area contributed by atoms with Crippen molar-refractivity contribution >= 4 is 5.69 Å². The third-order valence-electron chi connectivity index (χ3n) is 3.61. The van der Waals surface area contributed by atoms with E-state index in [1.807, 2.05) is 24.3 Å². The molecule has 0 saturated carbocycles. The highest BCUT2D eigenvalue weighted by molar-refractivity contribution is 5.61. The zero-order chi connectivity index (χ0) is 12.5. The van der Waals surface area contributed by atoms with E-state index in [4.69, 9.17) is 5.73 Å². The van der Waals surface area contributed by atoms with E-state index in [1.54, 1.807) is 0 Å². The quantitative estimate of drug-likeness (QED) is 0.845. The molecule has 1 fully saturated rings. The van der Waals surface area contributed by atoms with Crippen LogP contribution in [0.4, 0.5) is 5.69 Å². The molecule has 1 aromatic carbocycles. The van der Waals surface area contributed by atoms with Gasteiger partial charge < -0.3 is 10.6 Å². The number of hydrogen-bond acceptors (Lipinski definition) is 3. The van der Waals surface area contributed by atoms with E-state index in [2.05, 4.69) is 24.8 Å². The van der Waals surface area contributed by atoms with E-state index in [-0.39, 0.29) is 5.54 Å². The molecule has 1 unspecified atom stereocenters. The summed E-state index contributed by atoms with van der Waals surface area (Å²) in [5, 5.41) is 9.17. The van der Waals surface area contributed by atoms with Gasteiger partial charge in [-0.05, 0) is 44.9 Å². The van der Waals surface area contributed by atoms with Gasteiger partial charge in [0.25, 0.3) is 0 Å². The van der Waals surface area contributed by atoms with Crippen molar-refractivity contribution in [2.45, 2.75) is 25.8 Å². The summed E-state index contributed by atoms with van der Waals surface area (Å²) in [4.78, 5) is 2.32. The second-order valence-corrected chi connectivity index (χ2v) is 5.36.